The summed E-state index contributed by atoms with van der Waals surface area (Å²) in [5, 5.41) is 17.1. The monoisotopic (exact) mass is 101 g/mol. The minimum atomic E-state index is -0.139. The molecule has 0 atom stereocenters. The Labute approximate surface area is 41.1 Å². The molecule has 4 nitrogen and oxygen atoms in total. The van der Waals surface area contributed by atoms with E-state index in [1.165, 1.54) is 6.92 Å². The molecule has 0 rings (SSSR count). The van der Waals surface area contributed by atoms with Crippen molar-refractivity contribution >= 4 is 11.5 Å². The van der Waals surface area contributed by atoms with Crippen molar-refractivity contribution in [3.8, 4) is 0 Å². The zero-order valence-corrected chi connectivity index (χ0v) is 3.97. The lowest BCUT2D eigenvalue weighted by atomic mass is 10.4. The van der Waals surface area contributed by atoms with Gasteiger partial charge in [-0.1, -0.05) is 5.16 Å². The maximum atomic E-state index is 7.83. The fraction of sp³-hybridized carbons (Fsp3) is 0.333. The summed E-state index contributed by atoms with van der Waals surface area (Å²) in [5.74, 6) is -0.139. The second kappa shape index (κ2) is 2.17. The Hall–Kier alpha value is -1.06. The predicted molar refractivity (Wildman–Crippen MR) is 26.8 cm³/mol. The molecule has 7 heavy (non-hydrogen) atoms. The van der Waals surface area contributed by atoms with Gasteiger partial charge in [-0.15, -0.1) is 0 Å². The van der Waals surface area contributed by atoms with Crippen LogP contribution >= 0.6 is 0 Å². The molecule has 0 bridgehead atoms. The third-order valence-electron chi connectivity index (χ3n) is 0.492. The van der Waals surface area contributed by atoms with Crippen LogP contribution in [0.5, 0.6) is 0 Å². The molecular weight excluding hydrogens is 94.1 g/mol. The zero-order valence-electron chi connectivity index (χ0n) is 3.97. The van der Waals surface area contributed by atoms with E-state index in [2.05, 4.69) is 5.16 Å². The van der Waals surface area contributed by atoms with Gasteiger partial charge in [0.15, 0.2) is 5.84 Å². The van der Waals surface area contributed by atoms with Crippen molar-refractivity contribution in [1.82, 2.24) is 0 Å². The minimum Gasteiger partial charge on any atom is -0.409 e. The highest BCUT2D eigenvalue weighted by atomic mass is 16.4. The Morgan fingerprint density at radius 1 is 1.86 bits per heavy atom. The number of oxime groups is 1. The van der Waals surface area contributed by atoms with Gasteiger partial charge in [-0.3, -0.25) is 0 Å². The number of hydrogen-bond donors (Lipinski definition) is 3. The van der Waals surface area contributed by atoms with E-state index in [1.54, 1.807) is 0 Å². The first-order valence-corrected chi connectivity index (χ1v) is 1.71. The third kappa shape index (κ3) is 1.75. The zero-order chi connectivity index (χ0) is 5.86. The predicted octanol–water partition coefficient (Wildman–Crippen LogP) is -0.228. The first kappa shape index (κ1) is 5.94. The Kier molecular flexibility index (Phi) is 1.84. The van der Waals surface area contributed by atoms with Crippen LogP contribution in [0.15, 0.2) is 5.16 Å². The van der Waals surface area contributed by atoms with Crippen molar-refractivity contribution in [2.24, 2.45) is 10.9 Å². The molecule has 4 heteroatoms. The fourth-order valence-electron chi connectivity index (χ4n) is 0.0750. The first-order chi connectivity index (χ1) is 3.18. The Morgan fingerprint density at radius 2 is 2.29 bits per heavy atom. The molecule has 0 heterocycles. The van der Waals surface area contributed by atoms with Crippen molar-refractivity contribution in [3.05, 3.63) is 0 Å². The first-order valence-electron chi connectivity index (χ1n) is 1.71. The van der Waals surface area contributed by atoms with Crippen LogP contribution in [0.1, 0.15) is 6.92 Å². The number of hydrogen-bond acceptors (Lipinski definition) is 3. The number of rotatable bonds is 1. The molecular formula is C3H7N3O. The Bertz CT molecular complexity index is 107. The second-order valence-corrected chi connectivity index (χ2v) is 1.11. The fourth-order valence-corrected chi connectivity index (χ4v) is 0.0750. The van der Waals surface area contributed by atoms with E-state index in [-0.39, 0.29) is 11.5 Å². The van der Waals surface area contributed by atoms with Crippen LogP contribution in [0.25, 0.3) is 0 Å². The lowest BCUT2D eigenvalue weighted by Crippen LogP contribution is -2.19. The van der Waals surface area contributed by atoms with Crippen LogP contribution in [-0.4, -0.2) is 16.8 Å². The molecule has 4 N–H and O–H groups in total. The largest absolute Gasteiger partial charge is 0.409 e. The van der Waals surface area contributed by atoms with Crippen molar-refractivity contribution in [2.45, 2.75) is 6.92 Å². The number of nitrogens with two attached hydrogens (primary N) is 1. The highest BCUT2D eigenvalue weighted by Crippen LogP contribution is 1.66. The molecule has 0 aliphatic carbocycles. The third-order valence-corrected chi connectivity index (χ3v) is 0.492. The van der Waals surface area contributed by atoms with E-state index in [0.29, 0.717) is 0 Å². The molecule has 0 aliphatic rings. The van der Waals surface area contributed by atoms with Crippen LogP contribution in [0, 0.1) is 5.41 Å². The van der Waals surface area contributed by atoms with E-state index in [0.717, 1.165) is 0 Å². The van der Waals surface area contributed by atoms with Crippen LogP contribution in [-0.2, 0) is 0 Å². The second-order valence-electron chi connectivity index (χ2n) is 1.11. The van der Waals surface area contributed by atoms with E-state index in [9.17, 15) is 0 Å². The molecule has 0 amide bonds. The smallest absolute Gasteiger partial charge is 0.183 e. The van der Waals surface area contributed by atoms with E-state index in [1.807, 2.05) is 0 Å². The number of nitrogens with zero attached hydrogens (tertiary/aromatic N) is 1. The summed E-state index contributed by atoms with van der Waals surface area (Å²) >= 11 is 0. The van der Waals surface area contributed by atoms with Gasteiger partial charge in [0.2, 0.25) is 0 Å². The van der Waals surface area contributed by atoms with Crippen LogP contribution in [0.4, 0.5) is 0 Å². The molecule has 0 aliphatic heterocycles. The summed E-state index contributed by atoms with van der Waals surface area (Å²) in [6, 6.07) is 0. The average Bonchev–Trinajstić information content (AvgIpc) is 1.65. The van der Waals surface area contributed by atoms with Crippen molar-refractivity contribution in [3.63, 3.8) is 0 Å². The molecule has 0 aromatic heterocycles. The standard InChI is InChI=1S/C3H7N3O/c1-2(4)3(5)6-7/h4,7H,1H3,(H2,5,6). The normalized spacial score (nSPS) is 11.3. The summed E-state index contributed by atoms with van der Waals surface area (Å²) in [4.78, 5) is 0. The molecule has 0 saturated carbocycles. The van der Waals surface area contributed by atoms with Gasteiger partial charge in [-0.05, 0) is 6.92 Å². The van der Waals surface area contributed by atoms with Crippen molar-refractivity contribution in [1.29, 1.82) is 5.41 Å². The van der Waals surface area contributed by atoms with Crippen molar-refractivity contribution < 1.29 is 5.21 Å². The Balaban J connectivity index is 3.82. The molecule has 0 aromatic rings. The summed E-state index contributed by atoms with van der Waals surface area (Å²) < 4.78 is 0. The minimum absolute atomic E-state index is 0.0718. The molecule has 0 fully saturated rings. The van der Waals surface area contributed by atoms with Gasteiger partial charge in [0.1, 0.15) is 0 Å². The molecule has 0 spiro atoms. The lowest BCUT2D eigenvalue weighted by molar-refractivity contribution is 0.319. The lowest BCUT2D eigenvalue weighted by Gasteiger charge is -1.87. The SMILES string of the molecule is CC(=N)/C(N)=N\O. The summed E-state index contributed by atoms with van der Waals surface area (Å²) in [7, 11) is 0. The van der Waals surface area contributed by atoms with E-state index >= 15 is 0 Å². The highest BCUT2D eigenvalue weighted by molar-refractivity contribution is 6.38. The molecule has 0 aromatic carbocycles. The van der Waals surface area contributed by atoms with Gasteiger partial charge in [0.25, 0.3) is 0 Å². The maximum absolute atomic E-state index is 7.83. The molecule has 0 unspecified atom stereocenters. The van der Waals surface area contributed by atoms with Gasteiger partial charge < -0.3 is 16.4 Å². The number of nitrogens with one attached hydrogen (secondary N) is 1. The average molecular weight is 101 g/mol. The highest BCUT2D eigenvalue weighted by Gasteiger charge is 1.89. The van der Waals surface area contributed by atoms with Gasteiger partial charge in [-0.25, -0.2) is 0 Å². The van der Waals surface area contributed by atoms with Crippen LogP contribution in [0.2, 0.25) is 0 Å². The van der Waals surface area contributed by atoms with Crippen molar-refractivity contribution in [2.75, 3.05) is 0 Å². The molecule has 40 valence electrons. The van der Waals surface area contributed by atoms with E-state index < -0.39 is 0 Å². The molecule has 0 radical (unpaired) electrons. The molecule has 0 saturated heterocycles. The quantitative estimate of drug-likeness (QED) is 0.184. The van der Waals surface area contributed by atoms with Gasteiger partial charge in [0.05, 0.1) is 5.71 Å². The number of amidine groups is 1. The van der Waals surface area contributed by atoms with Crippen LogP contribution < -0.4 is 5.73 Å². The summed E-state index contributed by atoms with van der Waals surface area (Å²) in [6.07, 6.45) is 0. The summed E-state index contributed by atoms with van der Waals surface area (Å²) in [6.45, 7) is 1.44. The Morgan fingerprint density at radius 3 is 2.29 bits per heavy atom. The van der Waals surface area contributed by atoms with Crippen LogP contribution in [0.3, 0.4) is 0 Å². The van der Waals surface area contributed by atoms with Gasteiger partial charge in [0, 0.05) is 0 Å². The van der Waals surface area contributed by atoms with Gasteiger partial charge in [-0.2, -0.15) is 0 Å². The summed E-state index contributed by atoms with van der Waals surface area (Å²) in [5.41, 5.74) is 4.96. The topological polar surface area (TPSA) is 82.5 Å². The maximum Gasteiger partial charge on any atom is 0.183 e. The van der Waals surface area contributed by atoms with E-state index in [4.69, 9.17) is 16.4 Å². The van der Waals surface area contributed by atoms with Gasteiger partial charge >= 0.3 is 0 Å².